The number of benzene rings is 3. The average molecular weight is 415 g/mol. The minimum atomic E-state index is -0.695. The summed E-state index contributed by atoms with van der Waals surface area (Å²) in [5.41, 5.74) is 1.64. The Morgan fingerprint density at radius 2 is 1.57 bits per heavy atom. The fourth-order valence-electron chi connectivity index (χ4n) is 2.41. The Morgan fingerprint density at radius 3 is 2.29 bits per heavy atom. The quantitative estimate of drug-likeness (QED) is 0.576. The average Bonchev–Trinajstić information content (AvgIpc) is 2.68. The van der Waals surface area contributed by atoms with Crippen molar-refractivity contribution in [3.05, 3.63) is 94.0 Å². The van der Waals surface area contributed by atoms with Crippen LogP contribution in [0.25, 0.3) is 0 Å². The summed E-state index contributed by atoms with van der Waals surface area (Å²) in [4.78, 5) is 24.2. The van der Waals surface area contributed by atoms with Crippen LogP contribution < -0.4 is 15.4 Å². The predicted molar refractivity (Wildman–Crippen MR) is 110 cm³/mol. The van der Waals surface area contributed by atoms with Gasteiger partial charge in [-0.05, 0) is 35.9 Å². The Balaban J connectivity index is 1.58. The van der Waals surface area contributed by atoms with Gasteiger partial charge in [-0.3, -0.25) is 10.1 Å². The van der Waals surface area contributed by atoms with Gasteiger partial charge in [-0.25, -0.2) is 4.79 Å². The van der Waals surface area contributed by atoms with Crippen molar-refractivity contribution in [1.29, 1.82) is 0 Å². The second-order valence-corrected chi connectivity index (χ2v) is 6.62. The zero-order chi connectivity index (χ0) is 19.9. The summed E-state index contributed by atoms with van der Waals surface area (Å²) < 4.78 is 5.69. The van der Waals surface area contributed by atoms with Crippen LogP contribution >= 0.6 is 23.2 Å². The van der Waals surface area contributed by atoms with Crippen molar-refractivity contribution >= 4 is 40.8 Å². The molecule has 7 heteroatoms. The summed E-state index contributed by atoms with van der Waals surface area (Å²) in [7, 11) is 0. The first-order valence-corrected chi connectivity index (χ1v) is 9.11. The van der Waals surface area contributed by atoms with Crippen molar-refractivity contribution < 1.29 is 14.3 Å². The first-order chi connectivity index (χ1) is 13.5. The molecule has 0 aliphatic carbocycles. The molecule has 0 bridgehead atoms. The molecule has 0 atom stereocenters. The monoisotopic (exact) mass is 414 g/mol. The third-order valence-corrected chi connectivity index (χ3v) is 4.40. The summed E-state index contributed by atoms with van der Waals surface area (Å²) in [5, 5.41) is 5.37. The Labute approximate surface area is 172 Å². The summed E-state index contributed by atoms with van der Waals surface area (Å²) in [5.74, 6) is -0.111. The number of nitrogens with one attached hydrogen (secondary N) is 2. The molecule has 0 aromatic heterocycles. The Morgan fingerprint density at radius 1 is 0.857 bits per heavy atom. The lowest BCUT2D eigenvalue weighted by atomic mass is 10.2. The normalized spacial score (nSPS) is 10.2. The zero-order valence-corrected chi connectivity index (χ0v) is 16.1. The molecule has 0 saturated heterocycles. The Hall–Kier alpha value is -3.02. The predicted octanol–water partition coefficient (Wildman–Crippen LogP) is 5.53. The highest BCUT2D eigenvalue weighted by atomic mass is 35.5. The van der Waals surface area contributed by atoms with Crippen molar-refractivity contribution in [3.63, 3.8) is 0 Å². The highest BCUT2D eigenvalue weighted by Gasteiger charge is 2.13. The van der Waals surface area contributed by atoms with Crippen LogP contribution in [0.2, 0.25) is 10.0 Å². The topological polar surface area (TPSA) is 67.4 Å². The Bertz CT molecular complexity index is 994. The van der Waals surface area contributed by atoms with E-state index in [0.717, 1.165) is 5.56 Å². The van der Waals surface area contributed by atoms with Crippen molar-refractivity contribution in [2.45, 2.75) is 6.61 Å². The lowest BCUT2D eigenvalue weighted by Gasteiger charge is -2.11. The van der Waals surface area contributed by atoms with E-state index < -0.39 is 11.9 Å². The maximum Gasteiger partial charge on any atom is 0.326 e. The lowest BCUT2D eigenvalue weighted by Crippen LogP contribution is -2.34. The first-order valence-electron chi connectivity index (χ1n) is 8.36. The minimum Gasteiger partial charge on any atom is -0.487 e. The van der Waals surface area contributed by atoms with Crippen LogP contribution in [0.3, 0.4) is 0 Å². The van der Waals surface area contributed by atoms with Gasteiger partial charge in [0.25, 0.3) is 5.91 Å². The second-order valence-electron chi connectivity index (χ2n) is 5.81. The molecule has 5 nitrogen and oxygen atoms in total. The van der Waals surface area contributed by atoms with E-state index in [9.17, 15) is 9.59 Å². The fourth-order valence-corrected chi connectivity index (χ4v) is 2.87. The molecule has 2 N–H and O–H groups in total. The molecule has 0 aliphatic heterocycles. The molecular formula is C21H16Cl2N2O3. The van der Waals surface area contributed by atoms with Gasteiger partial charge in [0.15, 0.2) is 0 Å². The number of rotatable bonds is 5. The number of imide groups is 1. The van der Waals surface area contributed by atoms with Gasteiger partial charge >= 0.3 is 6.03 Å². The fraction of sp³-hybridized carbons (Fsp3) is 0.0476. The van der Waals surface area contributed by atoms with E-state index >= 15 is 0 Å². The molecule has 142 valence electrons. The number of carbonyl (C=O) groups excluding carboxylic acids is 2. The number of hydrogen-bond donors (Lipinski definition) is 2. The van der Waals surface area contributed by atoms with Crippen LogP contribution in [-0.2, 0) is 6.61 Å². The summed E-state index contributed by atoms with van der Waals surface area (Å²) >= 11 is 12.2. The molecule has 0 fully saturated rings. The first kappa shape index (κ1) is 19.7. The van der Waals surface area contributed by atoms with Gasteiger partial charge in [-0.15, -0.1) is 0 Å². The number of ether oxygens (including phenoxy) is 1. The van der Waals surface area contributed by atoms with Crippen LogP contribution in [-0.4, -0.2) is 11.9 Å². The molecule has 3 aromatic carbocycles. The van der Waals surface area contributed by atoms with Crippen molar-refractivity contribution in [3.8, 4) is 5.75 Å². The largest absolute Gasteiger partial charge is 0.487 e. The standard InChI is InChI=1S/C21H16Cl2N2O3/c22-17-9-5-4-8-16(17)20(26)25-21(27)24-15-10-11-19(18(23)12-15)28-13-14-6-2-1-3-7-14/h1-12H,13H2,(H2,24,25,26,27). The van der Waals surface area contributed by atoms with E-state index in [0.29, 0.717) is 23.1 Å². The summed E-state index contributed by atoms with van der Waals surface area (Å²) in [6, 6.07) is 20.3. The number of urea groups is 1. The van der Waals surface area contributed by atoms with Gasteiger partial charge in [-0.1, -0.05) is 65.7 Å². The van der Waals surface area contributed by atoms with Crippen molar-refractivity contribution in [2.75, 3.05) is 5.32 Å². The maximum atomic E-state index is 12.1. The molecule has 3 rings (SSSR count). The molecule has 0 spiro atoms. The number of carbonyl (C=O) groups is 2. The molecule has 0 heterocycles. The number of anilines is 1. The van der Waals surface area contributed by atoms with E-state index in [4.69, 9.17) is 27.9 Å². The van der Waals surface area contributed by atoms with Crippen LogP contribution in [0.15, 0.2) is 72.8 Å². The smallest absolute Gasteiger partial charge is 0.326 e. The van der Waals surface area contributed by atoms with Crippen LogP contribution in [0.5, 0.6) is 5.75 Å². The summed E-state index contributed by atoms with van der Waals surface area (Å²) in [6.45, 7) is 0.375. The van der Waals surface area contributed by atoms with E-state index in [1.54, 1.807) is 36.4 Å². The maximum absolute atomic E-state index is 12.1. The van der Waals surface area contributed by atoms with Gasteiger partial charge in [0.1, 0.15) is 12.4 Å². The number of hydrogen-bond acceptors (Lipinski definition) is 3. The van der Waals surface area contributed by atoms with E-state index in [-0.39, 0.29) is 10.6 Å². The van der Waals surface area contributed by atoms with Gasteiger partial charge < -0.3 is 10.1 Å². The minimum absolute atomic E-state index is 0.210. The Kier molecular flexibility index (Phi) is 6.53. The molecule has 0 aliphatic rings. The zero-order valence-electron chi connectivity index (χ0n) is 14.6. The van der Waals surface area contributed by atoms with Crippen LogP contribution in [0.1, 0.15) is 15.9 Å². The molecule has 0 unspecified atom stereocenters. The molecule has 0 radical (unpaired) electrons. The summed E-state index contributed by atoms with van der Waals surface area (Å²) in [6.07, 6.45) is 0. The van der Waals surface area contributed by atoms with Gasteiger partial charge in [0.05, 0.1) is 15.6 Å². The SMILES string of the molecule is O=C(NC(=O)c1ccccc1Cl)Nc1ccc(OCc2ccccc2)c(Cl)c1. The highest BCUT2D eigenvalue weighted by molar-refractivity contribution is 6.34. The van der Waals surface area contributed by atoms with Crippen molar-refractivity contribution in [2.24, 2.45) is 0 Å². The molecule has 0 saturated carbocycles. The lowest BCUT2D eigenvalue weighted by molar-refractivity contribution is 0.0967. The number of halogens is 2. The molecular weight excluding hydrogens is 399 g/mol. The third-order valence-electron chi connectivity index (χ3n) is 3.77. The van der Waals surface area contributed by atoms with Gasteiger partial charge in [0.2, 0.25) is 0 Å². The second kappa shape index (κ2) is 9.26. The molecule has 28 heavy (non-hydrogen) atoms. The van der Waals surface area contributed by atoms with Crippen LogP contribution in [0, 0.1) is 0 Å². The van der Waals surface area contributed by atoms with Crippen molar-refractivity contribution in [1.82, 2.24) is 5.32 Å². The van der Waals surface area contributed by atoms with E-state index in [1.807, 2.05) is 30.3 Å². The van der Waals surface area contributed by atoms with E-state index in [2.05, 4.69) is 10.6 Å². The number of amides is 3. The molecule has 3 aromatic rings. The van der Waals surface area contributed by atoms with Crippen LogP contribution in [0.4, 0.5) is 10.5 Å². The highest BCUT2D eigenvalue weighted by Crippen LogP contribution is 2.28. The van der Waals surface area contributed by atoms with Gasteiger partial charge in [0, 0.05) is 5.69 Å². The van der Waals surface area contributed by atoms with Gasteiger partial charge in [-0.2, -0.15) is 0 Å². The van der Waals surface area contributed by atoms with E-state index in [1.165, 1.54) is 6.07 Å². The third kappa shape index (κ3) is 5.25. The molecule has 3 amide bonds.